The zero-order valence-corrected chi connectivity index (χ0v) is 12.9. The second-order valence-electron chi connectivity index (χ2n) is 4.74. The molecule has 2 aromatic rings. The van der Waals surface area contributed by atoms with E-state index in [0.717, 1.165) is 15.7 Å². The number of anilines is 1. The van der Waals surface area contributed by atoms with Crippen molar-refractivity contribution >= 4 is 27.5 Å². The van der Waals surface area contributed by atoms with Gasteiger partial charge in [-0.3, -0.25) is 4.79 Å². The van der Waals surface area contributed by atoms with Crippen LogP contribution in [0.4, 0.5) is 5.69 Å². The zero-order chi connectivity index (χ0) is 14.5. The first kappa shape index (κ1) is 14.6. The zero-order valence-electron chi connectivity index (χ0n) is 11.3. The van der Waals surface area contributed by atoms with E-state index < -0.39 is 0 Å². The highest BCUT2D eigenvalue weighted by atomic mass is 79.9. The molecule has 2 aromatic carbocycles. The minimum absolute atomic E-state index is 0.251. The van der Waals surface area contributed by atoms with Gasteiger partial charge in [0.2, 0.25) is 5.91 Å². The third kappa shape index (κ3) is 3.84. The van der Waals surface area contributed by atoms with Crippen molar-refractivity contribution in [1.82, 2.24) is 0 Å². The molecule has 2 rings (SSSR count). The van der Waals surface area contributed by atoms with Crippen LogP contribution in [-0.2, 0) is 17.8 Å². The highest BCUT2D eigenvalue weighted by Crippen LogP contribution is 2.20. The molecule has 0 spiro atoms. The van der Waals surface area contributed by atoms with Crippen molar-refractivity contribution < 1.29 is 4.79 Å². The maximum Gasteiger partial charge on any atom is 0.221 e. The van der Waals surface area contributed by atoms with E-state index in [-0.39, 0.29) is 12.3 Å². The van der Waals surface area contributed by atoms with Gasteiger partial charge in [-0.05, 0) is 35.7 Å². The number of hydrogen-bond acceptors (Lipinski definition) is 2. The van der Waals surface area contributed by atoms with Crippen LogP contribution in [0.1, 0.15) is 16.7 Å². The molecule has 3 N–H and O–H groups in total. The summed E-state index contributed by atoms with van der Waals surface area (Å²) in [6, 6.07) is 14.0. The molecule has 0 fully saturated rings. The molecule has 4 heteroatoms. The molecule has 0 unspecified atom stereocenters. The van der Waals surface area contributed by atoms with Crippen molar-refractivity contribution in [2.24, 2.45) is 5.73 Å². The van der Waals surface area contributed by atoms with Crippen molar-refractivity contribution in [1.29, 1.82) is 0 Å². The third-order valence-corrected chi connectivity index (χ3v) is 3.96. The molecule has 0 saturated carbocycles. The SMILES string of the molecule is Cc1ccc(CNc2ccccc2CC(N)=O)cc1Br. The van der Waals surface area contributed by atoms with Gasteiger partial charge in [0.25, 0.3) is 0 Å². The molecule has 1 amide bonds. The average molecular weight is 333 g/mol. The Hall–Kier alpha value is -1.81. The predicted octanol–water partition coefficient (Wildman–Crippen LogP) is 3.40. The van der Waals surface area contributed by atoms with E-state index in [9.17, 15) is 4.79 Å². The van der Waals surface area contributed by atoms with Crippen molar-refractivity contribution in [3.05, 3.63) is 63.6 Å². The summed E-state index contributed by atoms with van der Waals surface area (Å²) in [7, 11) is 0. The van der Waals surface area contributed by atoms with Gasteiger partial charge in [0, 0.05) is 16.7 Å². The number of carbonyl (C=O) groups excluding carboxylic acids is 1. The highest BCUT2D eigenvalue weighted by Gasteiger charge is 2.05. The van der Waals surface area contributed by atoms with Gasteiger partial charge >= 0.3 is 0 Å². The number of hydrogen-bond donors (Lipinski definition) is 2. The molecule has 0 atom stereocenters. The van der Waals surface area contributed by atoms with E-state index in [1.54, 1.807) is 0 Å². The summed E-state index contributed by atoms with van der Waals surface area (Å²) in [5, 5.41) is 3.35. The lowest BCUT2D eigenvalue weighted by Gasteiger charge is -2.11. The minimum atomic E-state index is -0.322. The summed E-state index contributed by atoms with van der Waals surface area (Å²) in [6.07, 6.45) is 0.251. The largest absolute Gasteiger partial charge is 0.381 e. The molecule has 0 bridgehead atoms. The summed E-state index contributed by atoms with van der Waals surface area (Å²) >= 11 is 3.53. The normalized spacial score (nSPS) is 10.3. The molecular weight excluding hydrogens is 316 g/mol. The molecule has 0 aromatic heterocycles. The van der Waals surface area contributed by atoms with Crippen LogP contribution in [-0.4, -0.2) is 5.91 Å². The molecule has 0 aliphatic carbocycles. The average Bonchev–Trinajstić information content (AvgIpc) is 2.41. The lowest BCUT2D eigenvalue weighted by molar-refractivity contribution is -0.117. The Morgan fingerprint density at radius 1 is 1.25 bits per heavy atom. The maximum absolute atomic E-state index is 11.1. The number of benzene rings is 2. The Labute approximate surface area is 127 Å². The Morgan fingerprint density at radius 3 is 2.70 bits per heavy atom. The fraction of sp³-hybridized carbons (Fsp3) is 0.188. The number of nitrogens with one attached hydrogen (secondary N) is 1. The number of halogens is 1. The number of rotatable bonds is 5. The van der Waals surface area contributed by atoms with Crippen LogP contribution in [0.2, 0.25) is 0 Å². The van der Waals surface area contributed by atoms with E-state index in [1.165, 1.54) is 11.1 Å². The van der Waals surface area contributed by atoms with Crippen LogP contribution >= 0.6 is 15.9 Å². The molecule has 0 heterocycles. The fourth-order valence-corrected chi connectivity index (χ4v) is 2.40. The number of aryl methyl sites for hydroxylation is 1. The Balaban J connectivity index is 2.10. The Morgan fingerprint density at radius 2 is 2.00 bits per heavy atom. The molecular formula is C16H17BrN2O. The van der Waals surface area contributed by atoms with Gasteiger partial charge in [-0.2, -0.15) is 0 Å². The minimum Gasteiger partial charge on any atom is -0.381 e. The van der Waals surface area contributed by atoms with Crippen LogP contribution in [0.25, 0.3) is 0 Å². The quantitative estimate of drug-likeness (QED) is 0.881. The molecule has 0 aliphatic heterocycles. The van der Waals surface area contributed by atoms with E-state index in [4.69, 9.17) is 5.73 Å². The first-order chi connectivity index (χ1) is 9.56. The Kier molecular flexibility index (Phi) is 4.79. The van der Waals surface area contributed by atoms with Crippen LogP contribution in [0.5, 0.6) is 0 Å². The molecule has 104 valence electrons. The second-order valence-corrected chi connectivity index (χ2v) is 5.59. The third-order valence-electron chi connectivity index (χ3n) is 3.10. The van der Waals surface area contributed by atoms with Gasteiger partial charge in [-0.15, -0.1) is 0 Å². The summed E-state index contributed by atoms with van der Waals surface area (Å²) in [4.78, 5) is 11.1. The van der Waals surface area contributed by atoms with Crippen LogP contribution in [0, 0.1) is 6.92 Å². The first-order valence-electron chi connectivity index (χ1n) is 6.41. The predicted molar refractivity (Wildman–Crippen MR) is 85.5 cm³/mol. The van der Waals surface area contributed by atoms with Gasteiger partial charge in [-0.25, -0.2) is 0 Å². The van der Waals surface area contributed by atoms with E-state index in [2.05, 4.69) is 46.4 Å². The smallest absolute Gasteiger partial charge is 0.221 e. The van der Waals surface area contributed by atoms with Crippen molar-refractivity contribution in [3.8, 4) is 0 Å². The molecule has 0 saturated heterocycles. The van der Waals surface area contributed by atoms with Gasteiger partial charge in [0.05, 0.1) is 6.42 Å². The topological polar surface area (TPSA) is 55.1 Å². The van der Waals surface area contributed by atoms with Crippen molar-refractivity contribution in [2.75, 3.05) is 5.32 Å². The first-order valence-corrected chi connectivity index (χ1v) is 7.20. The van der Waals surface area contributed by atoms with E-state index in [1.807, 2.05) is 24.3 Å². The number of primary amides is 1. The van der Waals surface area contributed by atoms with Crippen molar-refractivity contribution in [2.45, 2.75) is 19.9 Å². The van der Waals surface area contributed by atoms with Gasteiger partial charge in [-0.1, -0.05) is 46.3 Å². The standard InChI is InChI=1S/C16H17BrN2O/c1-11-6-7-12(8-14(11)17)10-19-15-5-3-2-4-13(15)9-16(18)20/h2-8,19H,9-10H2,1H3,(H2,18,20). The van der Waals surface area contributed by atoms with Crippen LogP contribution < -0.4 is 11.1 Å². The van der Waals surface area contributed by atoms with E-state index in [0.29, 0.717) is 6.54 Å². The highest BCUT2D eigenvalue weighted by molar-refractivity contribution is 9.10. The van der Waals surface area contributed by atoms with Crippen LogP contribution in [0.3, 0.4) is 0 Å². The fourth-order valence-electron chi connectivity index (χ4n) is 1.98. The van der Waals surface area contributed by atoms with Gasteiger partial charge < -0.3 is 11.1 Å². The van der Waals surface area contributed by atoms with Gasteiger partial charge in [0.1, 0.15) is 0 Å². The Bertz CT molecular complexity index is 626. The number of para-hydroxylation sites is 1. The molecule has 3 nitrogen and oxygen atoms in total. The van der Waals surface area contributed by atoms with Crippen molar-refractivity contribution in [3.63, 3.8) is 0 Å². The monoisotopic (exact) mass is 332 g/mol. The second kappa shape index (κ2) is 6.57. The molecule has 0 radical (unpaired) electrons. The number of amides is 1. The summed E-state index contributed by atoms with van der Waals surface area (Å²) < 4.78 is 1.10. The van der Waals surface area contributed by atoms with Crippen LogP contribution in [0.15, 0.2) is 46.9 Å². The summed E-state index contributed by atoms with van der Waals surface area (Å²) in [6.45, 7) is 2.76. The summed E-state index contributed by atoms with van der Waals surface area (Å²) in [5.41, 5.74) is 9.52. The molecule has 0 aliphatic rings. The van der Waals surface area contributed by atoms with E-state index >= 15 is 0 Å². The van der Waals surface area contributed by atoms with Gasteiger partial charge in [0.15, 0.2) is 0 Å². The lowest BCUT2D eigenvalue weighted by Crippen LogP contribution is -2.15. The maximum atomic E-state index is 11.1. The lowest BCUT2D eigenvalue weighted by atomic mass is 10.1. The number of carbonyl (C=O) groups is 1. The molecule has 20 heavy (non-hydrogen) atoms. The number of nitrogens with two attached hydrogens (primary N) is 1. The summed E-state index contributed by atoms with van der Waals surface area (Å²) in [5.74, 6) is -0.322.